The molecule has 1 aliphatic rings. The number of aryl methyl sites for hydroxylation is 2. The maximum Gasteiger partial charge on any atom is 0.255 e. The van der Waals surface area contributed by atoms with Crippen LogP contribution in [0.15, 0.2) is 54.9 Å². The second-order valence-corrected chi connectivity index (χ2v) is 7.95. The number of benzene rings is 2. The Morgan fingerprint density at radius 3 is 2.68 bits per heavy atom. The minimum Gasteiger partial charge on any atom is -0.340 e. The van der Waals surface area contributed by atoms with E-state index in [-0.39, 0.29) is 18.1 Å². The monoisotopic (exact) mass is 406 g/mol. The molecule has 5 rings (SSSR count). The Labute approximate surface area is 181 Å². The fraction of sp³-hybridized carbons (Fsp3) is 0.174. The van der Waals surface area contributed by atoms with E-state index in [1.165, 1.54) is 17.2 Å². The van der Waals surface area contributed by atoms with Gasteiger partial charge < -0.3 is 4.90 Å². The van der Waals surface area contributed by atoms with Gasteiger partial charge in [0.2, 0.25) is 0 Å². The van der Waals surface area contributed by atoms with Crippen molar-refractivity contribution < 1.29 is 9.18 Å². The Morgan fingerprint density at radius 1 is 1.13 bits per heavy atom. The second-order valence-electron chi connectivity index (χ2n) is 7.95. The van der Waals surface area contributed by atoms with Crippen LogP contribution in [0.25, 0.3) is 22.0 Å². The first-order valence-corrected chi connectivity index (χ1v) is 9.84. The molecule has 8 heteroatoms. The summed E-state index contributed by atoms with van der Waals surface area (Å²) in [6.07, 6.45) is 3.46. The number of amides is 1. The summed E-state index contributed by atoms with van der Waals surface area (Å²) in [7, 11) is 14.3. The minimum absolute atomic E-state index is 0.0606. The maximum atomic E-state index is 15.1. The molecule has 4 radical (unpaired) electrons. The number of aromatic nitrogens is 3. The molecule has 2 aromatic carbocycles. The summed E-state index contributed by atoms with van der Waals surface area (Å²) in [5.41, 5.74) is 4.51. The number of pyridine rings is 1. The van der Waals surface area contributed by atoms with Gasteiger partial charge in [-0.15, -0.1) is 0 Å². The molecule has 0 aliphatic carbocycles. The number of hydrogen-bond donors (Lipinski definition) is 0. The lowest BCUT2D eigenvalue weighted by atomic mass is 9.59. The summed E-state index contributed by atoms with van der Waals surface area (Å²) in [6.45, 7) is 1.91. The highest BCUT2D eigenvalue weighted by Crippen LogP contribution is 2.35. The van der Waals surface area contributed by atoms with Crippen LogP contribution in [0.4, 0.5) is 4.39 Å². The number of rotatable bonds is 3. The van der Waals surface area contributed by atoms with Gasteiger partial charge in [0.25, 0.3) is 5.91 Å². The maximum absolute atomic E-state index is 15.1. The van der Waals surface area contributed by atoms with Crippen molar-refractivity contribution in [1.82, 2.24) is 19.7 Å². The summed E-state index contributed by atoms with van der Waals surface area (Å²) < 4.78 is 16.8. The van der Waals surface area contributed by atoms with E-state index in [2.05, 4.69) is 10.1 Å². The van der Waals surface area contributed by atoms with Crippen molar-refractivity contribution in [3.05, 3.63) is 83.1 Å². The molecule has 0 unspecified atom stereocenters. The largest absolute Gasteiger partial charge is 0.340 e. The third-order valence-corrected chi connectivity index (χ3v) is 5.77. The van der Waals surface area contributed by atoms with Gasteiger partial charge in [-0.1, -0.05) is 12.1 Å². The SMILES string of the molecule is [B]C1([B])c2ncccc2C(=O)N1Cc1ccc(-c2cc3cn(C)nc3cc2C)cc1F. The van der Waals surface area contributed by atoms with Gasteiger partial charge in [0.05, 0.1) is 32.5 Å². The van der Waals surface area contributed by atoms with Gasteiger partial charge >= 0.3 is 0 Å². The fourth-order valence-electron chi connectivity index (χ4n) is 4.16. The Morgan fingerprint density at radius 2 is 1.94 bits per heavy atom. The van der Waals surface area contributed by atoms with Gasteiger partial charge in [-0.3, -0.25) is 14.5 Å². The van der Waals surface area contributed by atoms with Crippen LogP contribution in [0, 0.1) is 12.7 Å². The van der Waals surface area contributed by atoms with E-state index in [1.807, 2.05) is 38.4 Å². The van der Waals surface area contributed by atoms with Gasteiger partial charge in [0.1, 0.15) is 5.82 Å². The highest BCUT2D eigenvalue weighted by molar-refractivity contribution is 6.42. The number of fused-ring (bicyclic) bond motifs is 2. The normalized spacial score (nSPS) is 14.9. The highest BCUT2D eigenvalue weighted by atomic mass is 19.1. The molecule has 3 heterocycles. The van der Waals surface area contributed by atoms with Gasteiger partial charge in [-0.25, -0.2) is 4.39 Å². The Hall–Kier alpha value is -3.41. The van der Waals surface area contributed by atoms with E-state index < -0.39 is 11.2 Å². The average molecular weight is 406 g/mol. The molecule has 0 bridgehead atoms. The molecule has 0 atom stereocenters. The van der Waals surface area contributed by atoms with Crippen LogP contribution in [0.3, 0.4) is 0 Å². The van der Waals surface area contributed by atoms with Crippen LogP contribution < -0.4 is 0 Å². The lowest BCUT2D eigenvalue weighted by molar-refractivity contribution is 0.0729. The van der Waals surface area contributed by atoms with E-state index in [1.54, 1.807) is 22.9 Å². The highest BCUT2D eigenvalue weighted by Gasteiger charge is 2.43. The first kappa shape index (κ1) is 19.5. The zero-order valence-electron chi connectivity index (χ0n) is 17.1. The number of carbonyl (C=O) groups is 1. The summed E-state index contributed by atoms with van der Waals surface area (Å²) in [5, 5.41) is 3.80. The van der Waals surface area contributed by atoms with E-state index in [9.17, 15) is 4.79 Å². The third-order valence-electron chi connectivity index (χ3n) is 5.77. The molecule has 1 aliphatic heterocycles. The van der Waals surface area contributed by atoms with Gasteiger partial charge in [-0.05, 0) is 53.9 Å². The second kappa shape index (κ2) is 6.80. The third kappa shape index (κ3) is 3.05. The lowest BCUT2D eigenvalue weighted by Crippen LogP contribution is -2.44. The molecule has 31 heavy (non-hydrogen) atoms. The first-order valence-electron chi connectivity index (χ1n) is 9.84. The van der Waals surface area contributed by atoms with Crippen molar-refractivity contribution in [3.63, 3.8) is 0 Å². The van der Waals surface area contributed by atoms with Gasteiger partial charge in [0.15, 0.2) is 0 Å². The van der Waals surface area contributed by atoms with Crippen molar-refractivity contribution in [3.8, 4) is 11.1 Å². The topological polar surface area (TPSA) is 51.0 Å². The number of carbonyl (C=O) groups excluding carboxylic acids is 1. The Kier molecular flexibility index (Phi) is 4.29. The molecule has 148 valence electrons. The summed E-state index contributed by atoms with van der Waals surface area (Å²) in [4.78, 5) is 18.2. The molecule has 5 nitrogen and oxygen atoms in total. The average Bonchev–Trinajstić information content (AvgIpc) is 3.18. The zero-order valence-corrected chi connectivity index (χ0v) is 17.1. The molecule has 1 amide bonds. The zero-order chi connectivity index (χ0) is 21.9. The molecule has 4 aromatic rings. The van der Waals surface area contributed by atoms with Crippen molar-refractivity contribution in [2.24, 2.45) is 7.05 Å². The lowest BCUT2D eigenvalue weighted by Gasteiger charge is -2.33. The fourth-order valence-corrected chi connectivity index (χ4v) is 4.16. The van der Waals surface area contributed by atoms with Crippen LogP contribution >= 0.6 is 0 Å². The number of nitrogens with zero attached hydrogens (tertiary/aromatic N) is 4. The number of halogens is 1. The molecular formula is C23H17B2FN4O. The molecule has 2 aromatic heterocycles. The molecule has 0 saturated carbocycles. The standard InChI is InChI=1S/C23H17B2FN4O/c1-13-8-20-16(11-29(2)28-20)9-18(13)14-5-6-15(19(26)10-14)12-30-22(31)17-4-3-7-27-21(17)23(30,24)25/h3-11H,12H2,1-2H3. The van der Waals surface area contributed by atoms with Crippen LogP contribution in [0.2, 0.25) is 0 Å². The van der Waals surface area contributed by atoms with Crippen molar-refractivity contribution in [2.75, 3.05) is 0 Å². The van der Waals surface area contributed by atoms with Gasteiger partial charge in [0, 0.05) is 42.3 Å². The van der Waals surface area contributed by atoms with Gasteiger partial charge in [-0.2, -0.15) is 5.10 Å². The summed E-state index contributed by atoms with van der Waals surface area (Å²) in [5.74, 6) is -0.801. The van der Waals surface area contributed by atoms with Crippen molar-refractivity contribution in [1.29, 1.82) is 0 Å². The molecular weight excluding hydrogens is 389 g/mol. The van der Waals surface area contributed by atoms with Crippen LogP contribution in [-0.4, -0.2) is 41.3 Å². The van der Waals surface area contributed by atoms with E-state index in [0.29, 0.717) is 11.1 Å². The molecule has 0 spiro atoms. The number of hydrogen-bond acceptors (Lipinski definition) is 3. The van der Waals surface area contributed by atoms with Crippen molar-refractivity contribution >= 4 is 32.5 Å². The van der Waals surface area contributed by atoms with Crippen LogP contribution in [-0.2, 0) is 18.9 Å². The quantitative estimate of drug-likeness (QED) is 0.492. The van der Waals surface area contributed by atoms with E-state index in [0.717, 1.165) is 27.6 Å². The first-order chi connectivity index (χ1) is 14.8. The van der Waals surface area contributed by atoms with E-state index >= 15 is 4.39 Å². The predicted octanol–water partition coefficient (Wildman–Crippen LogP) is 3.19. The molecule has 0 fully saturated rings. The predicted molar refractivity (Wildman–Crippen MR) is 118 cm³/mol. The van der Waals surface area contributed by atoms with Crippen LogP contribution in [0.1, 0.15) is 27.2 Å². The summed E-state index contributed by atoms with van der Waals surface area (Å²) in [6, 6.07) is 12.2. The Balaban J connectivity index is 1.49. The minimum atomic E-state index is -1.60. The molecule has 0 saturated heterocycles. The molecule has 0 N–H and O–H groups in total. The van der Waals surface area contributed by atoms with Crippen molar-refractivity contribution in [2.45, 2.75) is 18.8 Å². The summed E-state index contributed by atoms with van der Waals surface area (Å²) >= 11 is 0. The smallest absolute Gasteiger partial charge is 0.255 e. The van der Waals surface area contributed by atoms with E-state index in [4.69, 9.17) is 15.7 Å². The van der Waals surface area contributed by atoms with Crippen LogP contribution in [0.5, 0.6) is 0 Å². The Bertz CT molecular complexity index is 1370.